The van der Waals surface area contributed by atoms with Gasteiger partial charge in [-0.15, -0.1) is 0 Å². The van der Waals surface area contributed by atoms with Crippen LogP contribution in [0.3, 0.4) is 0 Å². The molecule has 0 N–H and O–H groups in total. The van der Waals surface area contributed by atoms with Crippen LogP contribution in [0.5, 0.6) is 0 Å². The first-order valence-corrected chi connectivity index (χ1v) is 15.6. The van der Waals surface area contributed by atoms with Crippen molar-refractivity contribution in [2.75, 3.05) is 20.3 Å². The lowest BCUT2D eigenvalue weighted by atomic mass is 10.0. The van der Waals surface area contributed by atoms with Gasteiger partial charge in [0.25, 0.3) is 5.91 Å². The molecule has 1 unspecified atom stereocenters. The minimum absolute atomic E-state index is 0.112. The summed E-state index contributed by atoms with van der Waals surface area (Å²) in [5.74, 6) is 0.895. The number of benzene rings is 2. The summed E-state index contributed by atoms with van der Waals surface area (Å²) in [5, 5.41) is 8.29. The van der Waals surface area contributed by atoms with Gasteiger partial charge in [-0.05, 0) is 41.4 Å². The van der Waals surface area contributed by atoms with E-state index in [9.17, 15) is 4.79 Å². The summed E-state index contributed by atoms with van der Waals surface area (Å²) in [5.41, 5.74) is 3.52. The standard InChI is InChI=1S/C28H36N4O4Si/c1-5-37(6-2,7-3)35-18-17-26-29-27(36-31-26)25-19-24(30-34-4)20-32(25)28(33)23-15-13-22(14-16-23)21-11-9-8-10-12-21/h8-16,25H,5-7,17-20H2,1-4H3/b30-24+. The van der Waals surface area contributed by atoms with Crippen molar-refractivity contribution in [3.05, 3.63) is 71.9 Å². The highest BCUT2D eigenvalue weighted by Gasteiger charge is 2.38. The zero-order valence-electron chi connectivity index (χ0n) is 22.1. The number of nitrogens with zero attached hydrogens (tertiary/aromatic N) is 4. The van der Waals surface area contributed by atoms with Crippen LogP contribution < -0.4 is 0 Å². The molecule has 3 aromatic rings. The molecule has 1 atom stereocenters. The minimum Gasteiger partial charge on any atom is -0.416 e. The second-order valence-corrected chi connectivity index (χ2v) is 14.1. The van der Waals surface area contributed by atoms with E-state index in [1.807, 2.05) is 54.6 Å². The third kappa shape index (κ3) is 6.16. The third-order valence-electron chi connectivity index (χ3n) is 7.31. The lowest BCUT2D eigenvalue weighted by molar-refractivity contribution is 0.0713. The van der Waals surface area contributed by atoms with E-state index in [4.69, 9.17) is 13.8 Å². The summed E-state index contributed by atoms with van der Waals surface area (Å²) in [7, 11) is -0.161. The molecule has 2 heterocycles. The van der Waals surface area contributed by atoms with Crippen LogP contribution >= 0.6 is 0 Å². The van der Waals surface area contributed by atoms with Crippen molar-refractivity contribution >= 4 is 19.9 Å². The zero-order chi connectivity index (χ0) is 26.3. The number of hydrogen-bond donors (Lipinski definition) is 0. The molecule has 0 saturated carbocycles. The Labute approximate surface area is 219 Å². The number of carbonyl (C=O) groups is 1. The fourth-order valence-corrected chi connectivity index (χ4v) is 7.50. The lowest BCUT2D eigenvalue weighted by Crippen LogP contribution is -2.36. The Morgan fingerprint density at radius 2 is 1.73 bits per heavy atom. The second-order valence-electron chi connectivity index (χ2n) is 9.33. The first-order chi connectivity index (χ1) is 18.0. The molecule has 1 saturated heterocycles. The quantitative estimate of drug-likeness (QED) is 0.231. The van der Waals surface area contributed by atoms with Crippen molar-refractivity contribution in [3.63, 3.8) is 0 Å². The predicted octanol–water partition coefficient (Wildman–Crippen LogP) is 5.89. The van der Waals surface area contributed by atoms with Crippen LogP contribution in [0.4, 0.5) is 0 Å². The van der Waals surface area contributed by atoms with Gasteiger partial charge in [-0.25, -0.2) is 0 Å². The van der Waals surface area contributed by atoms with Gasteiger partial charge in [0.1, 0.15) is 13.2 Å². The highest BCUT2D eigenvalue weighted by molar-refractivity contribution is 6.73. The van der Waals surface area contributed by atoms with Crippen LogP contribution in [-0.2, 0) is 15.7 Å². The van der Waals surface area contributed by atoms with Crippen LogP contribution in [0.1, 0.15) is 55.3 Å². The van der Waals surface area contributed by atoms with Crippen LogP contribution in [-0.4, -0.2) is 55.2 Å². The molecule has 0 spiro atoms. The van der Waals surface area contributed by atoms with E-state index < -0.39 is 14.4 Å². The molecule has 37 heavy (non-hydrogen) atoms. The highest BCUT2D eigenvalue weighted by Crippen LogP contribution is 2.32. The van der Waals surface area contributed by atoms with Crippen molar-refractivity contribution in [1.82, 2.24) is 15.0 Å². The fourth-order valence-electron chi connectivity index (χ4n) is 4.86. The molecule has 9 heteroatoms. The molecule has 4 rings (SSSR count). The summed E-state index contributed by atoms with van der Waals surface area (Å²) in [6.07, 6.45) is 1.07. The Balaban J connectivity index is 1.48. The number of aromatic nitrogens is 2. The van der Waals surface area contributed by atoms with Crippen LogP contribution in [0, 0.1) is 0 Å². The third-order valence-corrected chi connectivity index (χ3v) is 12.0. The zero-order valence-corrected chi connectivity index (χ0v) is 23.1. The van der Waals surface area contributed by atoms with E-state index in [-0.39, 0.29) is 5.91 Å². The number of carbonyl (C=O) groups excluding carboxylic acids is 1. The normalized spacial score (nSPS) is 16.9. The van der Waals surface area contributed by atoms with Gasteiger partial charge in [0.15, 0.2) is 14.1 Å². The smallest absolute Gasteiger partial charge is 0.254 e. The first kappa shape index (κ1) is 26.8. The minimum atomic E-state index is -1.67. The van der Waals surface area contributed by atoms with Crippen molar-refractivity contribution in [2.45, 2.75) is 57.8 Å². The molecule has 196 valence electrons. The van der Waals surface area contributed by atoms with Gasteiger partial charge in [0.05, 0.1) is 12.3 Å². The van der Waals surface area contributed by atoms with E-state index >= 15 is 0 Å². The maximum atomic E-state index is 13.5. The molecule has 8 nitrogen and oxygen atoms in total. The van der Waals surface area contributed by atoms with Crippen molar-refractivity contribution in [1.29, 1.82) is 0 Å². The molecule has 0 aliphatic carbocycles. The van der Waals surface area contributed by atoms with Crippen molar-refractivity contribution < 1.29 is 18.6 Å². The van der Waals surface area contributed by atoms with E-state index in [1.165, 1.54) is 7.11 Å². The molecular formula is C28H36N4O4Si. The average molecular weight is 521 g/mol. The number of amides is 1. The fraction of sp³-hybridized carbons (Fsp3) is 0.429. The Bertz CT molecular complexity index is 1180. The molecule has 1 aliphatic rings. The summed E-state index contributed by atoms with van der Waals surface area (Å²) in [6, 6.07) is 20.6. The Hall–Kier alpha value is -3.30. The molecule has 1 aliphatic heterocycles. The average Bonchev–Trinajstić information content (AvgIpc) is 3.59. The molecule has 1 aromatic heterocycles. The van der Waals surface area contributed by atoms with Crippen LogP contribution in [0.15, 0.2) is 64.3 Å². The van der Waals surface area contributed by atoms with E-state index in [0.717, 1.165) is 35.0 Å². The SMILES string of the molecule is CC[Si](CC)(CC)OCCc1noc(C2C/C(=N\OC)CN2C(=O)c2ccc(-c3ccccc3)cc2)n1. The monoisotopic (exact) mass is 520 g/mol. The van der Waals surface area contributed by atoms with Gasteiger partial charge in [0, 0.05) is 25.0 Å². The number of rotatable bonds is 11. The molecule has 1 fully saturated rings. The van der Waals surface area contributed by atoms with Gasteiger partial charge in [-0.2, -0.15) is 4.98 Å². The Kier molecular flexibility index (Phi) is 8.89. The molecule has 1 amide bonds. The van der Waals surface area contributed by atoms with Crippen LogP contribution in [0.25, 0.3) is 11.1 Å². The van der Waals surface area contributed by atoms with E-state index in [1.54, 1.807) is 4.90 Å². The summed E-state index contributed by atoms with van der Waals surface area (Å²) in [6.45, 7) is 7.57. The summed E-state index contributed by atoms with van der Waals surface area (Å²) < 4.78 is 12.0. The van der Waals surface area contributed by atoms with Gasteiger partial charge < -0.3 is 18.7 Å². The number of oxime groups is 1. The summed E-state index contributed by atoms with van der Waals surface area (Å²) in [4.78, 5) is 24.9. The Morgan fingerprint density at radius 1 is 1.05 bits per heavy atom. The largest absolute Gasteiger partial charge is 0.416 e. The molecule has 0 bridgehead atoms. The van der Waals surface area contributed by atoms with Gasteiger partial charge in [-0.3, -0.25) is 4.79 Å². The maximum Gasteiger partial charge on any atom is 0.254 e. The lowest BCUT2D eigenvalue weighted by Gasteiger charge is -2.27. The topological polar surface area (TPSA) is 90.1 Å². The predicted molar refractivity (Wildman–Crippen MR) is 146 cm³/mol. The highest BCUT2D eigenvalue weighted by atomic mass is 28.4. The summed E-state index contributed by atoms with van der Waals surface area (Å²) >= 11 is 0. The number of likely N-dealkylation sites (tertiary alicyclic amines) is 1. The van der Waals surface area contributed by atoms with Crippen molar-refractivity contribution in [2.24, 2.45) is 5.16 Å². The molecule has 0 radical (unpaired) electrons. The maximum absolute atomic E-state index is 13.5. The molecule has 2 aromatic carbocycles. The van der Waals surface area contributed by atoms with Gasteiger partial charge in [0.2, 0.25) is 5.89 Å². The van der Waals surface area contributed by atoms with Gasteiger partial charge >= 0.3 is 0 Å². The van der Waals surface area contributed by atoms with Crippen molar-refractivity contribution in [3.8, 4) is 11.1 Å². The second kappa shape index (κ2) is 12.3. The first-order valence-electron chi connectivity index (χ1n) is 13.0. The molecular weight excluding hydrogens is 484 g/mol. The van der Waals surface area contributed by atoms with Gasteiger partial charge in [-0.1, -0.05) is 73.5 Å². The Morgan fingerprint density at radius 3 is 2.38 bits per heavy atom. The van der Waals surface area contributed by atoms with Crippen LogP contribution in [0.2, 0.25) is 18.1 Å². The number of hydrogen-bond acceptors (Lipinski definition) is 7. The van der Waals surface area contributed by atoms with E-state index in [0.29, 0.717) is 43.3 Å². The van der Waals surface area contributed by atoms with E-state index in [2.05, 4.69) is 36.1 Å².